The van der Waals surface area contributed by atoms with Crippen molar-refractivity contribution in [2.75, 3.05) is 5.32 Å². The molecule has 0 atom stereocenters. The molecule has 3 aromatic rings. The Balaban J connectivity index is 1.95. The minimum absolute atomic E-state index is 0.0673. The summed E-state index contributed by atoms with van der Waals surface area (Å²) in [5.41, 5.74) is 1.94. The van der Waals surface area contributed by atoms with Gasteiger partial charge in [0.05, 0.1) is 5.92 Å². The van der Waals surface area contributed by atoms with Crippen molar-refractivity contribution in [3.05, 3.63) is 83.4 Å². The Hall–Kier alpha value is -2.46. The molecular formula is C17H14N2OS. The van der Waals surface area contributed by atoms with Gasteiger partial charge >= 0.3 is 0 Å². The Kier molecular flexibility index (Phi) is 4.07. The molecule has 2 aromatic carbocycles. The van der Waals surface area contributed by atoms with E-state index in [1.807, 2.05) is 66.0 Å². The van der Waals surface area contributed by atoms with Crippen molar-refractivity contribution in [1.82, 2.24) is 4.98 Å². The number of nitrogens with zero attached hydrogens (tertiary/aromatic N) is 1. The maximum atomic E-state index is 12.7. The molecule has 4 heteroatoms. The molecule has 0 aliphatic carbocycles. The first-order valence-corrected chi connectivity index (χ1v) is 7.53. The molecule has 1 aromatic heterocycles. The smallest absolute Gasteiger partial charge is 0.238 e. The molecule has 1 heterocycles. The van der Waals surface area contributed by atoms with Crippen LogP contribution in [0, 0.1) is 0 Å². The number of benzene rings is 2. The van der Waals surface area contributed by atoms with Gasteiger partial charge in [0.2, 0.25) is 5.91 Å². The predicted molar refractivity (Wildman–Crippen MR) is 85.5 cm³/mol. The quantitative estimate of drug-likeness (QED) is 0.792. The van der Waals surface area contributed by atoms with Crippen LogP contribution in [-0.4, -0.2) is 10.9 Å². The van der Waals surface area contributed by atoms with Gasteiger partial charge in [0.1, 0.15) is 0 Å². The zero-order valence-electron chi connectivity index (χ0n) is 11.3. The Morgan fingerprint density at radius 1 is 0.952 bits per heavy atom. The average molecular weight is 294 g/mol. The van der Waals surface area contributed by atoms with E-state index in [1.54, 1.807) is 6.20 Å². The van der Waals surface area contributed by atoms with Gasteiger partial charge in [0.15, 0.2) is 5.13 Å². The number of hydrogen-bond donors (Lipinski definition) is 1. The third kappa shape index (κ3) is 3.17. The molecule has 3 rings (SSSR count). The van der Waals surface area contributed by atoms with Crippen LogP contribution >= 0.6 is 11.3 Å². The van der Waals surface area contributed by atoms with Crippen LogP contribution in [-0.2, 0) is 4.79 Å². The molecule has 0 spiro atoms. The summed E-state index contributed by atoms with van der Waals surface area (Å²) in [6, 6.07) is 19.6. The van der Waals surface area contributed by atoms with Crippen LogP contribution in [0.1, 0.15) is 17.0 Å². The van der Waals surface area contributed by atoms with E-state index in [9.17, 15) is 4.79 Å². The molecule has 0 radical (unpaired) electrons. The fourth-order valence-electron chi connectivity index (χ4n) is 2.25. The third-order valence-corrected chi connectivity index (χ3v) is 3.88. The van der Waals surface area contributed by atoms with Gasteiger partial charge in [0, 0.05) is 11.6 Å². The second kappa shape index (κ2) is 6.33. The monoisotopic (exact) mass is 294 g/mol. The number of thiazole rings is 1. The Morgan fingerprint density at radius 3 is 2.00 bits per heavy atom. The minimum atomic E-state index is -0.337. The molecule has 0 aliphatic rings. The summed E-state index contributed by atoms with van der Waals surface area (Å²) in [5.74, 6) is -0.404. The molecule has 0 unspecified atom stereocenters. The second-order valence-corrected chi connectivity index (χ2v) is 5.48. The first-order valence-electron chi connectivity index (χ1n) is 6.65. The number of aromatic nitrogens is 1. The Morgan fingerprint density at radius 2 is 1.52 bits per heavy atom. The lowest BCUT2D eigenvalue weighted by atomic mass is 9.90. The van der Waals surface area contributed by atoms with Crippen LogP contribution in [0.4, 0.5) is 5.13 Å². The highest BCUT2D eigenvalue weighted by molar-refractivity contribution is 7.13. The van der Waals surface area contributed by atoms with E-state index in [0.29, 0.717) is 5.13 Å². The highest BCUT2D eigenvalue weighted by atomic mass is 32.1. The predicted octanol–water partition coefficient (Wildman–Crippen LogP) is 3.91. The van der Waals surface area contributed by atoms with Crippen molar-refractivity contribution in [1.29, 1.82) is 0 Å². The zero-order valence-corrected chi connectivity index (χ0v) is 12.1. The molecule has 1 N–H and O–H groups in total. The zero-order chi connectivity index (χ0) is 14.5. The molecule has 0 bridgehead atoms. The molecule has 21 heavy (non-hydrogen) atoms. The summed E-state index contributed by atoms with van der Waals surface area (Å²) in [4.78, 5) is 16.8. The molecule has 1 amide bonds. The number of amides is 1. The van der Waals surface area contributed by atoms with Crippen molar-refractivity contribution in [3.63, 3.8) is 0 Å². The van der Waals surface area contributed by atoms with Crippen LogP contribution < -0.4 is 5.32 Å². The number of rotatable bonds is 4. The highest BCUT2D eigenvalue weighted by Crippen LogP contribution is 2.26. The summed E-state index contributed by atoms with van der Waals surface area (Å²) in [6.45, 7) is 0. The number of carbonyl (C=O) groups excluding carboxylic acids is 1. The summed E-state index contributed by atoms with van der Waals surface area (Å²) >= 11 is 1.42. The molecule has 0 saturated heterocycles. The van der Waals surface area contributed by atoms with Crippen molar-refractivity contribution in [2.45, 2.75) is 5.92 Å². The molecule has 0 fully saturated rings. The highest BCUT2D eigenvalue weighted by Gasteiger charge is 2.23. The summed E-state index contributed by atoms with van der Waals surface area (Å²) in [7, 11) is 0. The number of hydrogen-bond acceptors (Lipinski definition) is 3. The lowest BCUT2D eigenvalue weighted by Gasteiger charge is -2.16. The summed E-state index contributed by atoms with van der Waals surface area (Å²) < 4.78 is 0. The van der Waals surface area contributed by atoms with E-state index >= 15 is 0 Å². The van der Waals surface area contributed by atoms with Crippen LogP contribution in [0.2, 0.25) is 0 Å². The summed E-state index contributed by atoms with van der Waals surface area (Å²) in [5, 5.41) is 5.35. The van der Waals surface area contributed by atoms with Gasteiger partial charge in [-0.2, -0.15) is 0 Å². The fourth-order valence-corrected chi connectivity index (χ4v) is 2.78. The van der Waals surface area contributed by atoms with Crippen molar-refractivity contribution < 1.29 is 4.79 Å². The van der Waals surface area contributed by atoms with Crippen molar-refractivity contribution >= 4 is 22.4 Å². The minimum Gasteiger partial charge on any atom is -0.301 e. The van der Waals surface area contributed by atoms with Crippen LogP contribution in [0.25, 0.3) is 0 Å². The van der Waals surface area contributed by atoms with Crippen molar-refractivity contribution in [3.8, 4) is 0 Å². The normalized spacial score (nSPS) is 10.5. The van der Waals surface area contributed by atoms with E-state index in [1.165, 1.54) is 11.3 Å². The first kappa shape index (κ1) is 13.5. The Labute approximate surface area is 127 Å². The molecule has 104 valence electrons. The molecule has 3 nitrogen and oxygen atoms in total. The van der Waals surface area contributed by atoms with Gasteiger partial charge in [-0.1, -0.05) is 60.7 Å². The Bertz CT molecular complexity index is 657. The SMILES string of the molecule is O=C(Nc1nccs1)C(c1ccccc1)c1ccccc1. The topological polar surface area (TPSA) is 42.0 Å². The van der Waals surface area contributed by atoms with Gasteiger partial charge in [-0.05, 0) is 11.1 Å². The third-order valence-electron chi connectivity index (χ3n) is 3.19. The lowest BCUT2D eigenvalue weighted by molar-refractivity contribution is -0.116. The average Bonchev–Trinajstić information content (AvgIpc) is 3.02. The van der Waals surface area contributed by atoms with Gasteiger partial charge in [-0.3, -0.25) is 4.79 Å². The molecule has 0 aliphatic heterocycles. The summed E-state index contributed by atoms with van der Waals surface area (Å²) in [6.07, 6.45) is 1.68. The van der Waals surface area contributed by atoms with Crippen molar-refractivity contribution in [2.24, 2.45) is 0 Å². The maximum Gasteiger partial charge on any atom is 0.238 e. The van der Waals surface area contributed by atoms with E-state index in [-0.39, 0.29) is 11.8 Å². The van der Waals surface area contributed by atoms with Crippen LogP contribution in [0.15, 0.2) is 72.2 Å². The number of carbonyl (C=O) groups is 1. The van der Waals surface area contributed by atoms with Gasteiger partial charge in [0.25, 0.3) is 0 Å². The van der Waals surface area contributed by atoms with Crippen LogP contribution in [0.3, 0.4) is 0 Å². The molecule has 0 saturated carbocycles. The first-order chi connectivity index (χ1) is 10.3. The largest absolute Gasteiger partial charge is 0.301 e. The lowest BCUT2D eigenvalue weighted by Crippen LogP contribution is -2.22. The van der Waals surface area contributed by atoms with E-state index in [2.05, 4.69) is 10.3 Å². The standard InChI is InChI=1S/C17H14N2OS/c20-16(19-17-18-11-12-21-17)15(13-7-3-1-4-8-13)14-9-5-2-6-10-14/h1-12,15H,(H,18,19,20). The van der Waals surface area contributed by atoms with Gasteiger partial charge < -0.3 is 5.32 Å². The number of anilines is 1. The maximum absolute atomic E-state index is 12.7. The van der Waals surface area contributed by atoms with Gasteiger partial charge in [-0.25, -0.2) is 4.98 Å². The van der Waals surface area contributed by atoms with E-state index in [0.717, 1.165) is 11.1 Å². The van der Waals surface area contributed by atoms with E-state index < -0.39 is 0 Å². The molecular weight excluding hydrogens is 280 g/mol. The second-order valence-electron chi connectivity index (χ2n) is 4.58. The van der Waals surface area contributed by atoms with Crippen LogP contribution in [0.5, 0.6) is 0 Å². The van der Waals surface area contributed by atoms with Gasteiger partial charge in [-0.15, -0.1) is 11.3 Å². The van der Waals surface area contributed by atoms with E-state index in [4.69, 9.17) is 0 Å². The fraction of sp³-hybridized carbons (Fsp3) is 0.0588. The number of nitrogens with one attached hydrogen (secondary N) is 1.